The van der Waals surface area contributed by atoms with Crippen LogP contribution in [0.1, 0.15) is 47.0 Å². The molecular formula is C15H26N4O4. The number of nitrogens with zero attached hydrogens (tertiary/aromatic N) is 4. The molecular weight excluding hydrogens is 300 g/mol. The van der Waals surface area contributed by atoms with Crippen LogP contribution in [-0.2, 0) is 9.47 Å². The van der Waals surface area contributed by atoms with Gasteiger partial charge in [0.15, 0.2) is 6.08 Å². The molecule has 2 rings (SSSR count). The van der Waals surface area contributed by atoms with Crippen molar-refractivity contribution >= 4 is 12.0 Å². The number of rotatable bonds is 6. The largest absolute Gasteiger partial charge is 0.598 e. The molecule has 0 N–H and O–H groups in total. The maximum Gasteiger partial charge on any atom is 0.326 e. The van der Waals surface area contributed by atoms with Crippen LogP contribution in [0.25, 0.3) is 0 Å². The van der Waals surface area contributed by atoms with Gasteiger partial charge in [0.1, 0.15) is 0 Å². The Labute approximate surface area is 136 Å². The van der Waals surface area contributed by atoms with E-state index >= 15 is 0 Å². The third kappa shape index (κ3) is 5.09. The van der Waals surface area contributed by atoms with E-state index < -0.39 is 6.08 Å². The molecule has 0 aliphatic carbocycles. The Morgan fingerprint density at radius 1 is 1.43 bits per heavy atom. The zero-order valence-electron chi connectivity index (χ0n) is 14.3. The fourth-order valence-corrected chi connectivity index (χ4v) is 2.73. The highest BCUT2D eigenvalue weighted by Gasteiger charge is 2.33. The second-order valence-electron chi connectivity index (χ2n) is 6.12. The zero-order chi connectivity index (χ0) is 16.8. The highest BCUT2D eigenvalue weighted by atomic mass is 16.6. The maximum atomic E-state index is 11.6. The minimum atomic E-state index is -0.708. The third-order valence-electron chi connectivity index (χ3n) is 3.79. The lowest BCUT2D eigenvalue weighted by atomic mass is 10.00. The Balaban J connectivity index is 1.91. The Morgan fingerprint density at radius 3 is 2.78 bits per heavy atom. The molecule has 2 heterocycles. The van der Waals surface area contributed by atoms with Crippen molar-refractivity contribution in [1.82, 2.24) is 5.27 Å². The number of hydrogen-bond acceptors (Lipinski definition) is 7. The van der Waals surface area contributed by atoms with Crippen LogP contribution in [0.5, 0.6) is 0 Å². The van der Waals surface area contributed by atoms with Crippen LogP contribution in [0.4, 0.5) is 5.88 Å². The molecule has 0 amide bonds. The van der Waals surface area contributed by atoms with Gasteiger partial charge in [-0.15, -0.1) is 5.01 Å². The summed E-state index contributed by atoms with van der Waals surface area (Å²) in [5.41, 5.74) is 0. The first-order valence-corrected chi connectivity index (χ1v) is 8.14. The molecule has 0 saturated carbocycles. The fourth-order valence-electron chi connectivity index (χ4n) is 2.73. The van der Waals surface area contributed by atoms with Crippen LogP contribution in [-0.4, -0.2) is 42.8 Å². The van der Waals surface area contributed by atoms with E-state index in [1.807, 2.05) is 13.8 Å². The summed E-state index contributed by atoms with van der Waals surface area (Å²) in [4.78, 5) is 5.38. The number of hydrogen-bond donors (Lipinski definition) is 0. The summed E-state index contributed by atoms with van der Waals surface area (Å²) < 4.78 is 15.3. The monoisotopic (exact) mass is 326 g/mol. The van der Waals surface area contributed by atoms with Crippen LogP contribution >= 0.6 is 0 Å². The SMILES string of the molecule is CC(C)OCCOC([O-])=Nc1c[n+](N2C(C)CCCC2C)no1. The van der Waals surface area contributed by atoms with E-state index in [0.29, 0.717) is 18.7 Å². The van der Waals surface area contributed by atoms with E-state index in [1.165, 1.54) is 6.42 Å². The molecule has 1 aromatic rings. The summed E-state index contributed by atoms with van der Waals surface area (Å²) in [6.07, 6.45) is 4.42. The minimum Gasteiger partial charge on any atom is -0.598 e. The van der Waals surface area contributed by atoms with Crippen molar-refractivity contribution in [2.24, 2.45) is 4.99 Å². The second kappa shape index (κ2) is 8.14. The molecule has 8 nitrogen and oxygen atoms in total. The van der Waals surface area contributed by atoms with E-state index in [1.54, 1.807) is 11.0 Å². The van der Waals surface area contributed by atoms with Crippen molar-refractivity contribution in [2.75, 3.05) is 18.2 Å². The molecule has 0 aromatic carbocycles. The Kier molecular flexibility index (Phi) is 6.20. The van der Waals surface area contributed by atoms with Crippen molar-refractivity contribution < 1.29 is 23.9 Å². The first-order valence-electron chi connectivity index (χ1n) is 8.14. The van der Waals surface area contributed by atoms with Gasteiger partial charge in [-0.2, -0.15) is 4.99 Å². The summed E-state index contributed by atoms with van der Waals surface area (Å²) in [6, 6.07) is 0.726. The average Bonchev–Trinajstić information content (AvgIpc) is 2.91. The van der Waals surface area contributed by atoms with Gasteiger partial charge in [-0.3, -0.25) is 4.52 Å². The summed E-state index contributed by atoms with van der Waals surface area (Å²) in [7, 11) is 0. The summed E-state index contributed by atoms with van der Waals surface area (Å²) in [5.74, 6) is 0.129. The molecule has 0 spiro atoms. The molecule has 23 heavy (non-hydrogen) atoms. The minimum absolute atomic E-state index is 0.104. The number of ether oxygens (including phenoxy) is 2. The predicted octanol–water partition coefficient (Wildman–Crippen LogP) is 0.650. The van der Waals surface area contributed by atoms with E-state index in [0.717, 1.165) is 12.8 Å². The van der Waals surface area contributed by atoms with E-state index in [-0.39, 0.29) is 18.6 Å². The highest BCUT2D eigenvalue weighted by Crippen LogP contribution is 2.18. The first kappa shape index (κ1) is 17.5. The summed E-state index contributed by atoms with van der Waals surface area (Å²) in [6.45, 7) is 8.64. The smallest absolute Gasteiger partial charge is 0.326 e. The van der Waals surface area contributed by atoms with E-state index in [9.17, 15) is 5.11 Å². The standard InChI is InChI=1S/C15H26N4O4/c1-11(2)21-8-9-22-15(20)16-14-10-18(17-23-14)19-12(3)6-5-7-13(19)4/h10-13H,5-9H2,1-4H3. The zero-order valence-corrected chi connectivity index (χ0v) is 14.3. The lowest BCUT2D eigenvalue weighted by Gasteiger charge is -2.31. The lowest BCUT2D eigenvalue weighted by molar-refractivity contribution is -0.766. The lowest BCUT2D eigenvalue weighted by Crippen LogP contribution is -2.67. The quantitative estimate of drug-likeness (QED) is 0.330. The van der Waals surface area contributed by atoms with Crippen molar-refractivity contribution in [3.05, 3.63) is 6.20 Å². The molecule has 8 heteroatoms. The Morgan fingerprint density at radius 2 is 2.13 bits per heavy atom. The van der Waals surface area contributed by atoms with Crippen molar-refractivity contribution in [3.8, 4) is 0 Å². The van der Waals surface area contributed by atoms with Gasteiger partial charge in [-0.1, -0.05) is 0 Å². The van der Waals surface area contributed by atoms with Gasteiger partial charge in [-0.05, 0) is 47.0 Å². The number of aromatic nitrogens is 2. The van der Waals surface area contributed by atoms with Gasteiger partial charge in [0, 0.05) is 6.61 Å². The number of piperidine rings is 1. The average molecular weight is 326 g/mol. The first-order chi connectivity index (χ1) is 11.0. The van der Waals surface area contributed by atoms with Crippen LogP contribution < -0.4 is 14.9 Å². The molecule has 130 valence electrons. The maximum absolute atomic E-state index is 11.6. The summed E-state index contributed by atoms with van der Waals surface area (Å²) in [5, 5.41) is 17.7. The van der Waals surface area contributed by atoms with Crippen molar-refractivity contribution in [1.29, 1.82) is 0 Å². The van der Waals surface area contributed by atoms with Crippen molar-refractivity contribution in [2.45, 2.75) is 65.1 Å². The molecule has 2 atom stereocenters. The molecule has 1 fully saturated rings. The van der Waals surface area contributed by atoms with Gasteiger partial charge in [0.05, 0.1) is 29.6 Å². The topological polar surface area (TPSA) is 87.0 Å². The predicted molar refractivity (Wildman–Crippen MR) is 81.8 cm³/mol. The third-order valence-corrected chi connectivity index (χ3v) is 3.79. The van der Waals surface area contributed by atoms with Gasteiger partial charge >= 0.3 is 5.88 Å². The van der Waals surface area contributed by atoms with Crippen molar-refractivity contribution in [3.63, 3.8) is 0 Å². The van der Waals surface area contributed by atoms with Crippen LogP contribution in [0.2, 0.25) is 0 Å². The molecule has 1 aromatic heterocycles. The van der Waals surface area contributed by atoms with Crippen LogP contribution in [0.15, 0.2) is 15.7 Å². The highest BCUT2D eigenvalue weighted by molar-refractivity contribution is 5.64. The normalized spacial score (nSPS) is 22.7. The molecule has 0 bridgehead atoms. The molecule has 1 saturated heterocycles. The van der Waals surface area contributed by atoms with E-state index in [2.05, 4.69) is 29.1 Å². The fraction of sp³-hybridized carbons (Fsp3) is 0.800. The van der Waals surface area contributed by atoms with Crippen LogP contribution in [0, 0.1) is 0 Å². The Hall–Kier alpha value is -1.83. The Bertz CT molecular complexity index is 507. The summed E-state index contributed by atoms with van der Waals surface area (Å²) >= 11 is 0. The second-order valence-corrected chi connectivity index (χ2v) is 6.12. The molecule has 0 radical (unpaired) electrons. The van der Waals surface area contributed by atoms with Gasteiger partial charge in [-0.25, -0.2) is 0 Å². The van der Waals surface area contributed by atoms with Crippen LogP contribution in [0.3, 0.4) is 0 Å². The molecule has 1 aliphatic rings. The van der Waals surface area contributed by atoms with Gasteiger partial charge in [0.2, 0.25) is 5.27 Å². The van der Waals surface area contributed by atoms with Gasteiger partial charge in [0.25, 0.3) is 6.20 Å². The van der Waals surface area contributed by atoms with E-state index in [4.69, 9.17) is 14.0 Å². The molecule has 1 aliphatic heterocycles. The molecule has 2 unspecified atom stereocenters. The van der Waals surface area contributed by atoms with Gasteiger partial charge < -0.3 is 14.6 Å². The number of aliphatic imine (C=N–C) groups is 1.